The van der Waals surface area contributed by atoms with Gasteiger partial charge in [-0.15, -0.1) is 0 Å². The third-order valence-electron chi connectivity index (χ3n) is 2.56. The molecule has 2 nitrogen and oxygen atoms in total. The van der Waals surface area contributed by atoms with Crippen LogP contribution in [0.1, 0.15) is 11.1 Å². The Morgan fingerprint density at radius 3 is 2.67 bits per heavy atom. The van der Waals surface area contributed by atoms with E-state index in [-0.39, 0.29) is 12.4 Å². The van der Waals surface area contributed by atoms with Crippen molar-refractivity contribution in [3.8, 4) is 11.5 Å². The van der Waals surface area contributed by atoms with Gasteiger partial charge in [0.1, 0.15) is 17.3 Å². The Kier molecular flexibility index (Phi) is 3.99. The Labute approximate surface area is 113 Å². The largest absolute Gasteiger partial charge is 0.457 e. The maximum Gasteiger partial charge on any atom is 0.133 e. The number of aryl methyl sites for hydroxylation is 1. The first-order chi connectivity index (χ1) is 8.60. The molecular weight excluding hydrogens is 299 g/mol. The van der Waals surface area contributed by atoms with E-state index >= 15 is 0 Å². The normalized spacial score (nSPS) is 10.4. The van der Waals surface area contributed by atoms with Crippen LogP contribution in [0.15, 0.2) is 40.9 Å². The molecule has 94 valence electrons. The quantitative estimate of drug-likeness (QED) is 0.921. The fraction of sp³-hybridized carbons (Fsp3) is 0.143. The van der Waals surface area contributed by atoms with Gasteiger partial charge >= 0.3 is 0 Å². The first kappa shape index (κ1) is 13.1. The molecule has 0 aliphatic heterocycles. The number of halogens is 2. The van der Waals surface area contributed by atoms with Gasteiger partial charge in [0.2, 0.25) is 0 Å². The molecule has 1 N–H and O–H groups in total. The van der Waals surface area contributed by atoms with Gasteiger partial charge in [0, 0.05) is 16.1 Å². The number of rotatable bonds is 3. The van der Waals surface area contributed by atoms with E-state index in [1.165, 1.54) is 6.07 Å². The van der Waals surface area contributed by atoms with E-state index in [1.54, 1.807) is 37.3 Å². The number of aliphatic hydroxyl groups excluding tert-OH is 1. The zero-order chi connectivity index (χ0) is 13.1. The molecule has 0 unspecified atom stereocenters. The Balaban J connectivity index is 2.30. The zero-order valence-electron chi connectivity index (χ0n) is 9.78. The lowest BCUT2D eigenvalue weighted by atomic mass is 10.2. The van der Waals surface area contributed by atoms with E-state index in [0.29, 0.717) is 22.6 Å². The lowest BCUT2D eigenvalue weighted by Crippen LogP contribution is -1.93. The van der Waals surface area contributed by atoms with Crippen LogP contribution in [0.3, 0.4) is 0 Å². The van der Waals surface area contributed by atoms with Crippen LogP contribution in [0, 0.1) is 12.7 Å². The SMILES string of the molecule is Cc1ccc(Oc2ccc(Br)cc2CO)cc1F. The molecule has 2 aromatic carbocycles. The van der Waals surface area contributed by atoms with Gasteiger partial charge in [0.05, 0.1) is 6.61 Å². The highest BCUT2D eigenvalue weighted by atomic mass is 79.9. The average Bonchev–Trinajstić information content (AvgIpc) is 2.36. The van der Waals surface area contributed by atoms with Crippen LogP contribution in [-0.4, -0.2) is 5.11 Å². The molecule has 2 aromatic rings. The zero-order valence-corrected chi connectivity index (χ0v) is 11.4. The predicted molar refractivity (Wildman–Crippen MR) is 71.3 cm³/mol. The number of hydrogen-bond acceptors (Lipinski definition) is 2. The van der Waals surface area contributed by atoms with Gasteiger partial charge in [-0.25, -0.2) is 4.39 Å². The Bertz CT molecular complexity index is 570. The lowest BCUT2D eigenvalue weighted by molar-refractivity contribution is 0.276. The molecule has 0 aliphatic carbocycles. The third kappa shape index (κ3) is 2.89. The predicted octanol–water partition coefficient (Wildman–Crippen LogP) is 4.18. The topological polar surface area (TPSA) is 29.5 Å². The van der Waals surface area contributed by atoms with Crippen molar-refractivity contribution >= 4 is 15.9 Å². The molecule has 0 saturated carbocycles. The van der Waals surface area contributed by atoms with Crippen LogP contribution in [0.5, 0.6) is 11.5 Å². The standard InChI is InChI=1S/C14H12BrFO2/c1-9-2-4-12(7-13(9)16)18-14-5-3-11(15)6-10(14)8-17/h2-7,17H,8H2,1H3. The number of hydrogen-bond donors (Lipinski definition) is 1. The minimum absolute atomic E-state index is 0.136. The van der Waals surface area contributed by atoms with Crippen LogP contribution in [-0.2, 0) is 6.61 Å². The Hall–Kier alpha value is -1.39. The van der Waals surface area contributed by atoms with E-state index < -0.39 is 0 Å². The first-order valence-electron chi connectivity index (χ1n) is 5.43. The van der Waals surface area contributed by atoms with Gasteiger partial charge in [0.15, 0.2) is 0 Å². The molecule has 0 bridgehead atoms. The smallest absolute Gasteiger partial charge is 0.133 e. The van der Waals surface area contributed by atoms with Crippen LogP contribution < -0.4 is 4.74 Å². The minimum atomic E-state index is -0.310. The maximum atomic E-state index is 13.4. The number of ether oxygens (including phenoxy) is 1. The van der Waals surface area contributed by atoms with Crippen molar-refractivity contribution in [2.45, 2.75) is 13.5 Å². The Morgan fingerprint density at radius 1 is 1.22 bits per heavy atom. The van der Waals surface area contributed by atoms with Crippen LogP contribution >= 0.6 is 15.9 Å². The van der Waals surface area contributed by atoms with Gasteiger partial charge in [-0.3, -0.25) is 0 Å². The summed E-state index contributed by atoms with van der Waals surface area (Å²) >= 11 is 3.32. The molecular formula is C14H12BrFO2. The second-order valence-electron chi connectivity index (χ2n) is 3.92. The molecule has 0 fully saturated rings. The van der Waals surface area contributed by atoms with E-state index in [4.69, 9.17) is 4.74 Å². The molecule has 2 rings (SSSR count). The summed E-state index contributed by atoms with van der Waals surface area (Å²) in [4.78, 5) is 0. The number of benzene rings is 2. The van der Waals surface area contributed by atoms with Crippen LogP contribution in [0.25, 0.3) is 0 Å². The van der Waals surface area contributed by atoms with E-state index in [9.17, 15) is 9.50 Å². The van der Waals surface area contributed by atoms with Gasteiger partial charge in [-0.05, 0) is 36.8 Å². The summed E-state index contributed by atoms with van der Waals surface area (Å²) in [5.41, 5.74) is 1.21. The fourth-order valence-electron chi connectivity index (χ4n) is 1.54. The molecule has 0 amide bonds. The van der Waals surface area contributed by atoms with Crippen molar-refractivity contribution in [1.82, 2.24) is 0 Å². The van der Waals surface area contributed by atoms with E-state index in [0.717, 1.165) is 4.47 Å². The van der Waals surface area contributed by atoms with Gasteiger partial charge < -0.3 is 9.84 Å². The van der Waals surface area contributed by atoms with E-state index in [2.05, 4.69) is 15.9 Å². The highest BCUT2D eigenvalue weighted by Crippen LogP contribution is 2.28. The molecule has 0 atom stereocenters. The Morgan fingerprint density at radius 2 is 2.00 bits per heavy atom. The molecule has 0 saturated heterocycles. The monoisotopic (exact) mass is 310 g/mol. The van der Waals surface area contributed by atoms with Crippen LogP contribution in [0.2, 0.25) is 0 Å². The summed E-state index contributed by atoms with van der Waals surface area (Å²) in [6.45, 7) is 1.56. The summed E-state index contributed by atoms with van der Waals surface area (Å²) in [6, 6.07) is 9.98. The highest BCUT2D eigenvalue weighted by molar-refractivity contribution is 9.10. The summed E-state index contributed by atoms with van der Waals surface area (Å²) in [6.07, 6.45) is 0. The molecule has 0 radical (unpaired) electrons. The van der Waals surface area contributed by atoms with Crippen molar-refractivity contribution in [3.05, 3.63) is 57.8 Å². The lowest BCUT2D eigenvalue weighted by Gasteiger charge is -2.10. The van der Waals surface area contributed by atoms with Crippen LogP contribution in [0.4, 0.5) is 4.39 Å². The molecule has 0 aromatic heterocycles. The van der Waals surface area contributed by atoms with E-state index in [1.807, 2.05) is 0 Å². The van der Waals surface area contributed by atoms with Crippen molar-refractivity contribution in [1.29, 1.82) is 0 Å². The second kappa shape index (κ2) is 5.50. The molecule has 4 heteroatoms. The molecule has 0 spiro atoms. The van der Waals surface area contributed by atoms with Gasteiger partial charge in [-0.1, -0.05) is 22.0 Å². The summed E-state index contributed by atoms with van der Waals surface area (Å²) in [5, 5.41) is 9.24. The second-order valence-corrected chi connectivity index (χ2v) is 4.84. The summed E-state index contributed by atoms with van der Waals surface area (Å²) in [7, 11) is 0. The van der Waals surface area contributed by atoms with Gasteiger partial charge in [-0.2, -0.15) is 0 Å². The summed E-state index contributed by atoms with van der Waals surface area (Å²) < 4.78 is 19.8. The van der Waals surface area contributed by atoms with Gasteiger partial charge in [0.25, 0.3) is 0 Å². The molecule has 18 heavy (non-hydrogen) atoms. The minimum Gasteiger partial charge on any atom is -0.457 e. The third-order valence-corrected chi connectivity index (χ3v) is 3.06. The molecule has 0 heterocycles. The first-order valence-corrected chi connectivity index (χ1v) is 6.23. The van der Waals surface area contributed by atoms with Crippen molar-refractivity contribution in [2.75, 3.05) is 0 Å². The van der Waals surface area contributed by atoms with Crippen molar-refractivity contribution in [3.63, 3.8) is 0 Å². The fourth-order valence-corrected chi connectivity index (χ4v) is 1.94. The highest BCUT2D eigenvalue weighted by Gasteiger charge is 2.06. The average molecular weight is 311 g/mol. The maximum absolute atomic E-state index is 13.4. The number of aliphatic hydroxyl groups is 1. The van der Waals surface area contributed by atoms with Crippen molar-refractivity contribution in [2.24, 2.45) is 0 Å². The summed E-state index contributed by atoms with van der Waals surface area (Å²) in [5.74, 6) is 0.620. The molecule has 0 aliphatic rings. The van der Waals surface area contributed by atoms with Crippen molar-refractivity contribution < 1.29 is 14.2 Å².